The molecule has 2 rings (SSSR count). The van der Waals surface area contributed by atoms with Gasteiger partial charge in [0.2, 0.25) is 0 Å². The average Bonchev–Trinajstić information content (AvgIpc) is 2.60. The van der Waals surface area contributed by atoms with Gasteiger partial charge in [-0.2, -0.15) is 0 Å². The summed E-state index contributed by atoms with van der Waals surface area (Å²) in [4.78, 5) is 0. The summed E-state index contributed by atoms with van der Waals surface area (Å²) >= 11 is 0. The molecule has 0 bridgehead atoms. The molecule has 23 heavy (non-hydrogen) atoms. The number of hydrogen-bond acceptors (Lipinski definition) is 4. The van der Waals surface area contributed by atoms with Gasteiger partial charge >= 0.3 is 0 Å². The number of rotatable bonds is 8. The average molecular weight is 315 g/mol. The maximum Gasteiger partial charge on any atom is 0.123 e. The molecule has 4 nitrogen and oxygen atoms in total. The Hall–Kier alpha value is -2.04. The van der Waals surface area contributed by atoms with E-state index in [9.17, 15) is 5.11 Å². The predicted molar refractivity (Wildman–Crippen MR) is 92.1 cm³/mol. The van der Waals surface area contributed by atoms with Gasteiger partial charge in [-0.05, 0) is 37.1 Å². The molecule has 0 radical (unpaired) electrons. The van der Waals surface area contributed by atoms with Gasteiger partial charge in [0, 0.05) is 18.2 Å². The van der Waals surface area contributed by atoms with Crippen molar-refractivity contribution < 1.29 is 14.6 Å². The Morgan fingerprint density at radius 3 is 2.43 bits per heavy atom. The second kappa shape index (κ2) is 8.56. The minimum atomic E-state index is -0.434. The Kier molecular flexibility index (Phi) is 6.44. The van der Waals surface area contributed by atoms with Crippen molar-refractivity contribution in [2.24, 2.45) is 0 Å². The van der Waals surface area contributed by atoms with Crippen molar-refractivity contribution in [3.05, 3.63) is 59.7 Å². The molecule has 0 aliphatic heterocycles. The van der Waals surface area contributed by atoms with E-state index in [1.165, 1.54) is 0 Å². The van der Waals surface area contributed by atoms with Crippen LogP contribution in [-0.4, -0.2) is 32.0 Å². The van der Waals surface area contributed by atoms with Crippen molar-refractivity contribution in [3.8, 4) is 11.5 Å². The van der Waals surface area contributed by atoms with Crippen molar-refractivity contribution in [2.45, 2.75) is 25.5 Å². The molecule has 0 spiro atoms. The van der Waals surface area contributed by atoms with Gasteiger partial charge in [-0.1, -0.05) is 30.3 Å². The van der Waals surface area contributed by atoms with Crippen LogP contribution >= 0.6 is 0 Å². The minimum Gasteiger partial charge on any atom is -0.497 e. The molecule has 0 aliphatic carbocycles. The maximum absolute atomic E-state index is 10.2. The molecule has 2 aromatic carbocycles. The molecule has 0 heterocycles. The first-order chi connectivity index (χ1) is 11.1. The summed E-state index contributed by atoms with van der Waals surface area (Å²) < 4.78 is 10.7. The third-order valence-corrected chi connectivity index (χ3v) is 3.88. The lowest BCUT2D eigenvalue weighted by Crippen LogP contribution is -2.30. The quantitative estimate of drug-likeness (QED) is 0.786. The first kappa shape index (κ1) is 17.3. The lowest BCUT2D eigenvalue weighted by Gasteiger charge is -2.20. The number of ether oxygens (including phenoxy) is 2. The lowest BCUT2D eigenvalue weighted by molar-refractivity contribution is 0.168. The monoisotopic (exact) mass is 315 g/mol. The fourth-order valence-corrected chi connectivity index (χ4v) is 2.56. The molecule has 0 fully saturated rings. The molecule has 4 heteroatoms. The molecule has 0 saturated carbocycles. The van der Waals surface area contributed by atoms with Crippen molar-refractivity contribution >= 4 is 0 Å². The van der Waals surface area contributed by atoms with Crippen LogP contribution in [0.2, 0.25) is 0 Å². The van der Waals surface area contributed by atoms with E-state index in [0.717, 1.165) is 22.6 Å². The zero-order valence-corrected chi connectivity index (χ0v) is 14.0. The Balaban J connectivity index is 1.95. The molecule has 0 saturated heterocycles. The van der Waals surface area contributed by atoms with E-state index >= 15 is 0 Å². The lowest BCUT2D eigenvalue weighted by atomic mass is 10.0. The molecule has 2 aromatic rings. The SMILES string of the molecule is COc1ccc(OC)c(C(C)NCC(O)Cc2ccccc2)c1. The van der Waals surface area contributed by atoms with Crippen LogP contribution in [0.4, 0.5) is 0 Å². The number of methoxy groups -OCH3 is 2. The van der Waals surface area contributed by atoms with Gasteiger partial charge in [-0.15, -0.1) is 0 Å². The van der Waals surface area contributed by atoms with Crippen LogP contribution in [0.3, 0.4) is 0 Å². The zero-order chi connectivity index (χ0) is 16.7. The van der Waals surface area contributed by atoms with Gasteiger partial charge in [-0.25, -0.2) is 0 Å². The summed E-state index contributed by atoms with van der Waals surface area (Å²) in [7, 11) is 3.30. The van der Waals surface area contributed by atoms with Crippen LogP contribution in [0.1, 0.15) is 24.1 Å². The van der Waals surface area contributed by atoms with Crippen LogP contribution in [-0.2, 0) is 6.42 Å². The fourth-order valence-electron chi connectivity index (χ4n) is 2.56. The van der Waals surface area contributed by atoms with Crippen LogP contribution in [0, 0.1) is 0 Å². The molecule has 124 valence electrons. The first-order valence-electron chi connectivity index (χ1n) is 7.81. The normalized spacial score (nSPS) is 13.4. The highest BCUT2D eigenvalue weighted by Crippen LogP contribution is 2.29. The molecular formula is C19H25NO3. The fraction of sp³-hybridized carbons (Fsp3) is 0.368. The number of aliphatic hydroxyl groups excluding tert-OH is 1. The van der Waals surface area contributed by atoms with Crippen molar-refractivity contribution in [1.82, 2.24) is 5.32 Å². The molecule has 0 amide bonds. The Morgan fingerprint density at radius 1 is 1.04 bits per heavy atom. The third kappa shape index (κ3) is 4.98. The summed E-state index contributed by atoms with van der Waals surface area (Å²) in [6.07, 6.45) is 0.201. The highest BCUT2D eigenvalue weighted by Gasteiger charge is 2.14. The van der Waals surface area contributed by atoms with E-state index < -0.39 is 6.10 Å². The number of nitrogens with one attached hydrogen (secondary N) is 1. The van der Waals surface area contributed by atoms with E-state index in [2.05, 4.69) is 5.32 Å². The topological polar surface area (TPSA) is 50.7 Å². The van der Waals surface area contributed by atoms with E-state index in [1.807, 2.05) is 55.5 Å². The van der Waals surface area contributed by atoms with Crippen molar-refractivity contribution in [2.75, 3.05) is 20.8 Å². The van der Waals surface area contributed by atoms with Gasteiger partial charge in [0.1, 0.15) is 11.5 Å². The predicted octanol–water partition coefficient (Wildman–Crippen LogP) is 2.96. The van der Waals surface area contributed by atoms with Crippen LogP contribution < -0.4 is 14.8 Å². The van der Waals surface area contributed by atoms with Gasteiger partial charge in [0.25, 0.3) is 0 Å². The number of hydrogen-bond donors (Lipinski definition) is 2. The zero-order valence-electron chi connectivity index (χ0n) is 14.0. The van der Waals surface area contributed by atoms with E-state index in [0.29, 0.717) is 13.0 Å². The Labute approximate surface area is 138 Å². The van der Waals surface area contributed by atoms with Gasteiger partial charge in [-0.3, -0.25) is 0 Å². The standard InChI is InChI=1S/C19H25NO3/c1-14(18-12-17(22-2)9-10-19(18)23-3)20-13-16(21)11-15-7-5-4-6-8-15/h4-10,12,14,16,20-21H,11,13H2,1-3H3. The van der Waals surface area contributed by atoms with Gasteiger partial charge in [0.05, 0.1) is 20.3 Å². The van der Waals surface area contributed by atoms with E-state index in [-0.39, 0.29) is 6.04 Å². The summed E-state index contributed by atoms with van der Waals surface area (Å²) in [5.41, 5.74) is 2.15. The van der Waals surface area contributed by atoms with E-state index in [4.69, 9.17) is 9.47 Å². The Morgan fingerprint density at radius 2 is 1.78 bits per heavy atom. The first-order valence-corrected chi connectivity index (χ1v) is 7.81. The summed E-state index contributed by atoms with van der Waals surface area (Å²) in [5, 5.41) is 13.6. The molecule has 2 atom stereocenters. The Bertz CT molecular complexity index is 601. The van der Waals surface area contributed by atoms with Crippen LogP contribution in [0.15, 0.2) is 48.5 Å². The second-order valence-electron chi connectivity index (χ2n) is 5.58. The van der Waals surface area contributed by atoms with Crippen molar-refractivity contribution in [3.63, 3.8) is 0 Å². The minimum absolute atomic E-state index is 0.0467. The van der Waals surface area contributed by atoms with Crippen molar-refractivity contribution in [1.29, 1.82) is 0 Å². The van der Waals surface area contributed by atoms with Gasteiger partial charge in [0.15, 0.2) is 0 Å². The second-order valence-corrected chi connectivity index (χ2v) is 5.58. The third-order valence-electron chi connectivity index (χ3n) is 3.88. The highest BCUT2D eigenvalue weighted by molar-refractivity contribution is 5.42. The molecule has 2 N–H and O–H groups in total. The summed E-state index contributed by atoms with van der Waals surface area (Å²) in [6.45, 7) is 2.56. The molecule has 0 aliphatic rings. The largest absolute Gasteiger partial charge is 0.497 e. The van der Waals surface area contributed by atoms with Gasteiger partial charge < -0.3 is 19.9 Å². The summed E-state index contributed by atoms with van der Waals surface area (Å²) in [6, 6.07) is 15.8. The van der Waals surface area contributed by atoms with Crippen LogP contribution in [0.5, 0.6) is 11.5 Å². The highest BCUT2D eigenvalue weighted by atomic mass is 16.5. The number of benzene rings is 2. The maximum atomic E-state index is 10.2. The van der Waals surface area contributed by atoms with Crippen LogP contribution in [0.25, 0.3) is 0 Å². The molecular weight excluding hydrogens is 290 g/mol. The number of aliphatic hydroxyl groups is 1. The smallest absolute Gasteiger partial charge is 0.123 e. The van der Waals surface area contributed by atoms with E-state index in [1.54, 1.807) is 14.2 Å². The molecule has 2 unspecified atom stereocenters. The summed E-state index contributed by atoms with van der Waals surface area (Å²) in [5.74, 6) is 1.60. The molecule has 0 aromatic heterocycles.